The Bertz CT molecular complexity index is 1290. The van der Waals surface area contributed by atoms with Gasteiger partial charge in [0.1, 0.15) is 19.0 Å². The smallest absolute Gasteiger partial charge is 0.293 e. The molecule has 0 spiro atoms. The van der Waals surface area contributed by atoms with Crippen LogP contribution in [0.4, 0.5) is 4.79 Å². The predicted octanol–water partition coefficient (Wildman–Crippen LogP) is 7.11. The third-order valence-electron chi connectivity index (χ3n) is 5.36. The Kier molecular flexibility index (Phi) is 8.61. The topological polar surface area (TPSA) is 65.1 Å². The summed E-state index contributed by atoms with van der Waals surface area (Å²) in [6.07, 6.45) is 1.67. The van der Waals surface area contributed by atoms with Crippen LogP contribution in [0.25, 0.3) is 6.08 Å². The Morgan fingerprint density at radius 2 is 1.72 bits per heavy atom. The molecule has 0 unspecified atom stereocenters. The number of carbonyl (C=O) groups excluding carboxylic acids is 2. The number of halogens is 2. The quantitative estimate of drug-likeness (QED) is 0.248. The van der Waals surface area contributed by atoms with Crippen LogP contribution >= 0.6 is 39.3 Å². The molecule has 1 fully saturated rings. The summed E-state index contributed by atoms with van der Waals surface area (Å²) in [5, 5.41) is 0.330. The van der Waals surface area contributed by atoms with Gasteiger partial charge in [-0.05, 0) is 72.3 Å². The fraction of sp³-hybridized carbons (Fsp3) is 0.185. The van der Waals surface area contributed by atoms with Crippen LogP contribution in [0, 0.1) is 6.92 Å². The van der Waals surface area contributed by atoms with Crippen molar-refractivity contribution in [1.29, 1.82) is 0 Å². The normalized spacial score (nSPS) is 14.4. The van der Waals surface area contributed by atoms with Crippen LogP contribution < -0.4 is 14.2 Å². The molecule has 0 N–H and O–H groups in total. The van der Waals surface area contributed by atoms with Crippen LogP contribution in [-0.2, 0) is 11.4 Å². The monoisotopic (exact) mass is 587 g/mol. The highest BCUT2D eigenvalue weighted by Crippen LogP contribution is 2.38. The van der Waals surface area contributed by atoms with Crippen LogP contribution in [0.3, 0.4) is 0 Å². The second-order valence-corrected chi connectivity index (χ2v) is 10.2. The number of benzene rings is 3. The highest BCUT2D eigenvalue weighted by atomic mass is 79.9. The fourth-order valence-corrected chi connectivity index (χ4v) is 4.82. The molecule has 3 aromatic rings. The van der Waals surface area contributed by atoms with Crippen molar-refractivity contribution in [2.24, 2.45) is 0 Å². The van der Waals surface area contributed by atoms with Crippen molar-refractivity contribution in [2.45, 2.75) is 13.5 Å². The molecule has 9 heteroatoms. The van der Waals surface area contributed by atoms with E-state index < -0.39 is 0 Å². The van der Waals surface area contributed by atoms with Gasteiger partial charge in [-0.2, -0.15) is 0 Å². The minimum Gasteiger partial charge on any atom is -0.493 e. The van der Waals surface area contributed by atoms with Gasteiger partial charge < -0.3 is 14.2 Å². The summed E-state index contributed by atoms with van der Waals surface area (Å²) in [4.78, 5) is 26.9. The van der Waals surface area contributed by atoms with Gasteiger partial charge in [0.05, 0.1) is 18.6 Å². The fourth-order valence-electron chi connectivity index (χ4n) is 3.40. The van der Waals surface area contributed by atoms with E-state index in [1.54, 1.807) is 37.5 Å². The molecule has 0 aromatic heterocycles. The Morgan fingerprint density at radius 3 is 2.42 bits per heavy atom. The van der Waals surface area contributed by atoms with Crippen molar-refractivity contribution in [3.63, 3.8) is 0 Å². The molecule has 186 valence electrons. The van der Waals surface area contributed by atoms with Gasteiger partial charge in [-0.25, -0.2) is 0 Å². The number of carbonyl (C=O) groups is 2. The first-order valence-corrected chi connectivity index (χ1v) is 13.0. The van der Waals surface area contributed by atoms with Crippen LogP contribution in [-0.4, -0.2) is 36.3 Å². The largest absolute Gasteiger partial charge is 0.493 e. The average Bonchev–Trinajstić information content (AvgIpc) is 3.13. The van der Waals surface area contributed by atoms with Crippen molar-refractivity contribution in [1.82, 2.24) is 4.90 Å². The summed E-state index contributed by atoms with van der Waals surface area (Å²) in [5.74, 6) is 1.38. The van der Waals surface area contributed by atoms with Crippen LogP contribution in [0.5, 0.6) is 17.2 Å². The van der Waals surface area contributed by atoms with E-state index in [0.717, 1.165) is 22.9 Å². The lowest BCUT2D eigenvalue weighted by molar-refractivity contribution is -0.123. The number of imide groups is 1. The van der Waals surface area contributed by atoms with Crippen LogP contribution in [0.2, 0.25) is 5.02 Å². The SMILES string of the molecule is COc1cc(/C=C2\SC(=O)N(CCOc3ccc(C)cc3)C2=O)c(Br)cc1OCc1ccc(Cl)cc1. The summed E-state index contributed by atoms with van der Waals surface area (Å²) in [5.41, 5.74) is 2.77. The molecule has 0 saturated carbocycles. The number of nitrogens with zero attached hydrogens (tertiary/aromatic N) is 1. The van der Waals surface area contributed by atoms with E-state index in [4.69, 9.17) is 25.8 Å². The van der Waals surface area contributed by atoms with Crippen LogP contribution in [0.15, 0.2) is 70.0 Å². The van der Waals surface area contributed by atoms with Gasteiger partial charge in [0, 0.05) is 9.50 Å². The number of aryl methyl sites for hydroxylation is 1. The maximum atomic E-state index is 12.9. The third-order valence-corrected chi connectivity index (χ3v) is 7.20. The zero-order valence-corrected chi connectivity index (χ0v) is 22.8. The number of ether oxygens (including phenoxy) is 3. The molecule has 1 saturated heterocycles. The number of thioether (sulfide) groups is 1. The Morgan fingerprint density at radius 1 is 1.00 bits per heavy atom. The van der Waals surface area contributed by atoms with E-state index in [2.05, 4.69) is 15.9 Å². The lowest BCUT2D eigenvalue weighted by atomic mass is 10.1. The minimum atomic E-state index is -0.355. The van der Waals surface area contributed by atoms with E-state index in [1.807, 2.05) is 43.3 Å². The molecular weight excluding hydrogens is 566 g/mol. The average molecular weight is 589 g/mol. The molecule has 1 aliphatic heterocycles. The summed E-state index contributed by atoms with van der Waals surface area (Å²) in [6, 6.07) is 18.5. The third kappa shape index (κ3) is 6.43. The second kappa shape index (κ2) is 11.9. The molecule has 0 bridgehead atoms. The summed E-state index contributed by atoms with van der Waals surface area (Å²) >= 11 is 10.4. The standard InChI is InChI=1S/C27H23BrClNO5S/c1-17-3-9-21(10-4-17)34-12-11-30-26(31)25(36-27(30)32)14-19-13-23(33-2)24(15-22(19)28)35-16-18-5-7-20(29)8-6-18/h3-10,13-15H,11-12,16H2,1-2H3/b25-14-. The minimum absolute atomic E-state index is 0.165. The number of rotatable bonds is 9. The van der Waals surface area contributed by atoms with Crippen molar-refractivity contribution < 1.29 is 23.8 Å². The summed E-state index contributed by atoms with van der Waals surface area (Å²) in [6.45, 7) is 2.71. The van der Waals surface area contributed by atoms with Gasteiger partial charge in [0.2, 0.25) is 0 Å². The highest BCUT2D eigenvalue weighted by molar-refractivity contribution is 9.10. The summed E-state index contributed by atoms with van der Waals surface area (Å²) in [7, 11) is 1.55. The van der Waals surface area contributed by atoms with Gasteiger partial charge >= 0.3 is 0 Å². The molecule has 0 atom stereocenters. The predicted molar refractivity (Wildman–Crippen MR) is 146 cm³/mol. The van der Waals surface area contributed by atoms with Crippen molar-refractivity contribution >= 4 is 56.5 Å². The number of amides is 2. The lowest BCUT2D eigenvalue weighted by Crippen LogP contribution is -2.32. The zero-order chi connectivity index (χ0) is 25.7. The van der Waals surface area contributed by atoms with Crippen LogP contribution in [0.1, 0.15) is 16.7 Å². The molecule has 1 aliphatic rings. The molecule has 0 aliphatic carbocycles. The molecular formula is C27H23BrClNO5S. The molecule has 1 heterocycles. The molecule has 2 amide bonds. The molecule has 6 nitrogen and oxygen atoms in total. The van der Waals surface area contributed by atoms with E-state index in [9.17, 15) is 9.59 Å². The van der Waals surface area contributed by atoms with E-state index in [0.29, 0.717) is 43.8 Å². The first-order valence-electron chi connectivity index (χ1n) is 11.0. The zero-order valence-electron chi connectivity index (χ0n) is 19.6. The van der Waals surface area contributed by atoms with Gasteiger partial charge in [0.25, 0.3) is 11.1 Å². The van der Waals surface area contributed by atoms with Gasteiger partial charge in [-0.15, -0.1) is 0 Å². The van der Waals surface area contributed by atoms with Gasteiger partial charge in [-0.3, -0.25) is 14.5 Å². The van der Waals surface area contributed by atoms with Crippen molar-refractivity contribution in [3.05, 3.63) is 91.8 Å². The number of hydrogen-bond donors (Lipinski definition) is 0. The maximum Gasteiger partial charge on any atom is 0.293 e. The Labute approximate surface area is 227 Å². The molecule has 36 heavy (non-hydrogen) atoms. The van der Waals surface area contributed by atoms with E-state index in [-0.39, 0.29) is 24.3 Å². The summed E-state index contributed by atoms with van der Waals surface area (Å²) < 4.78 is 17.8. The Hall–Kier alpha value is -2.94. The van der Waals surface area contributed by atoms with Gasteiger partial charge in [-0.1, -0.05) is 57.4 Å². The molecule has 0 radical (unpaired) electrons. The van der Waals surface area contributed by atoms with Crippen molar-refractivity contribution in [2.75, 3.05) is 20.3 Å². The number of methoxy groups -OCH3 is 1. The number of hydrogen-bond acceptors (Lipinski definition) is 6. The second-order valence-electron chi connectivity index (χ2n) is 7.93. The van der Waals surface area contributed by atoms with E-state index >= 15 is 0 Å². The first kappa shape index (κ1) is 26.1. The maximum absolute atomic E-state index is 12.9. The molecule has 3 aromatic carbocycles. The Balaban J connectivity index is 1.43. The van der Waals surface area contributed by atoms with Gasteiger partial charge in [0.15, 0.2) is 11.5 Å². The van der Waals surface area contributed by atoms with Crippen molar-refractivity contribution in [3.8, 4) is 17.2 Å². The highest BCUT2D eigenvalue weighted by Gasteiger charge is 2.35. The molecule has 4 rings (SSSR count). The first-order chi connectivity index (χ1) is 17.3. The lowest BCUT2D eigenvalue weighted by Gasteiger charge is -2.14. The van der Waals surface area contributed by atoms with E-state index in [1.165, 1.54) is 4.90 Å².